The number of hydrogen-bond donors (Lipinski definition) is 3. The van der Waals surface area contributed by atoms with Crippen LogP contribution < -0.4 is 10.6 Å². The molecule has 0 spiro atoms. The van der Waals surface area contributed by atoms with E-state index >= 15 is 0 Å². The Morgan fingerprint density at radius 2 is 1.90 bits per heavy atom. The number of nitrogens with zero attached hydrogens (tertiary/aromatic N) is 5. The standard InChI is InChI=1S/C18H22N8O2.C5H9F3O.C3H6/c1-11(2)26-16(21-10-22-26)17(27)20-8-15-23-13-4-3-12(7-14(13)24-15)9-25-6-5-19-18(25)28;1-4(2,9-3)5(6,7)8;1-2-3-1/h3-4,7,10-11H,5-6,8-9H2,1-2H3,(H,19,28)(H,20,27)(H,23,24);1-3H3;1-3H2. The van der Waals surface area contributed by atoms with Gasteiger partial charge in [-0.2, -0.15) is 18.3 Å². The molecule has 40 heavy (non-hydrogen) atoms. The monoisotopic (exact) mass is 566 g/mol. The first-order valence-corrected chi connectivity index (χ1v) is 13.1. The lowest BCUT2D eigenvalue weighted by Crippen LogP contribution is -2.40. The average molecular weight is 567 g/mol. The SMILES string of the molecule is C1CC1.CC(C)n1ncnc1C(=O)NCc1nc2ccc(CN3CCNC3=O)cc2[nH]1.COC(C)(C)C(F)(F)F. The van der Waals surface area contributed by atoms with Gasteiger partial charge in [0.05, 0.1) is 17.6 Å². The van der Waals surface area contributed by atoms with Gasteiger partial charge < -0.3 is 25.3 Å². The molecule has 0 bridgehead atoms. The zero-order chi connectivity index (χ0) is 29.5. The molecule has 1 aromatic carbocycles. The largest absolute Gasteiger partial charge is 0.416 e. The first-order chi connectivity index (χ1) is 18.8. The number of carbonyl (C=O) groups excluding carboxylic acids is 2. The third kappa shape index (κ3) is 8.41. The normalized spacial score (nSPS) is 14.8. The van der Waals surface area contributed by atoms with E-state index in [2.05, 4.69) is 35.4 Å². The number of carbonyl (C=O) groups is 2. The van der Waals surface area contributed by atoms with Crippen molar-refractivity contribution in [1.82, 2.24) is 40.3 Å². The van der Waals surface area contributed by atoms with Crippen molar-refractivity contribution in [2.75, 3.05) is 20.2 Å². The molecule has 1 aliphatic carbocycles. The molecule has 0 radical (unpaired) electrons. The van der Waals surface area contributed by atoms with Gasteiger partial charge in [-0.3, -0.25) is 4.79 Å². The number of benzene rings is 1. The highest BCUT2D eigenvalue weighted by molar-refractivity contribution is 5.90. The van der Waals surface area contributed by atoms with E-state index in [0.29, 0.717) is 25.5 Å². The second-order valence-electron chi connectivity index (χ2n) is 10.3. The van der Waals surface area contributed by atoms with Gasteiger partial charge in [-0.05, 0) is 45.4 Å². The van der Waals surface area contributed by atoms with Gasteiger partial charge in [0.1, 0.15) is 12.2 Å². The summed E-state index contributed by atoms with van der Waals surface area (Å²) >= 11 is 0. The quantitative estimate of drug-likeness (QED) is 0.390. The van der Waals surface area contributed by atoms with E-state index in [0.717, 1.165) is 37.6 Å². The molecule has 0 atom stereocenters. The third-order valence-electron chi connectivity index (χ3n) is 6.14. The van der Waals surface area contributed by atoms with Crippen LogP contribution in [0.3, 0.4) is 0 Å². The summed E-state index contributed by atoms with van der Waals surface area (Å²) in [6.45, 7) is 8.03. The summed E-state index contributed by atoms with van der Waals surface area (Å²) in [4.78, 5) is 37.6. The fraction of sp³-hybridized carbons (Fsp3) is 0.577. The molecule has 1 saturated heterocycles. The molecule has 2 fully saturated rings. The highest BCUT2D eigenvalue weighted by Crippen LogP contribution is 2.31. The molecule has 220 valence electrons. The number of amides is 3. The number of ether oxygens (including phenoxy) is 1. The first kappa shape index (κ1) is 30.9. The molecular formula is C26H37F3N8O3. The number of nitrogens with one attached hydrogen (secondary N) is 3. The molecule has 3 heterocycles. The summed E-state index contributed by atoms with van der Waals surface area (Å²) in [7, 11) is 1.04. The summed E-state index contributed by atoms with van der Waals surface area (Å²) in [5, 5.41) is 9.69. The molecule has 5 rings (SSSR count). The lowest BCUT2D eigenvalue weighted by atomic mass is 10.1. The Balaban J connectivity index is 0.000000307. The highest BCUT2D eigenvalue weighted by Gasteiger charge is 2.47. The Morgan fingerprint density at radius 3 is 2.42 bits per heavy atom. The molecule has 3 aromatic rings. The van der Waals surface area contributed by atoms with E-state index in [1.807, 2.05) is 32.0 Å². The zero-order valence-electron chi connectivity index (χ0n) is 23.4. The highest BCUT2D eigenvalue weighted by atomic mass is 19.4. The van der Waals surface area contributed by atoms with Crippen LogP contribution in [0.25, 0.3) is 11.0 Å². The second-order valence-corrected chi connectivity index (χ2v) is 10.3. The average Bonchev–Trinajstić information content (AvgIpc) is 3.43. The number of halogens is 3. The van der Waals surface area contributed by atoms with Crippen molar-refractivity contribution in [3.05, 3.63) is 41.7 Å². The van der Waals surface area contributed by atoms with E-state index in [9.17, 15) is 22.8 Å². The predicted molar refractivity (Wildman–Crippen MR) is 142 cm³/mol. The minimum absolute atomic E-state index is 0.0395. The van der Waals surface area contributed by atoms with Gasteiger partial charge in [0.15, 0.2) is 5.60 Å². The Kier molecular flexibility index (Phi) is 10.1. The van der Waals surface area contributed by atoms with Crippen LogP contribution in [0.2, 0.25) is 0 Å². The van der Waals surface area contributed by atoms with Gasteiger partial charge in [0.25, 0.3) is 5.91 Å². The van der Waals surface area contributed by atoms with Crippen molar-refractivity contribution in [1.29, 1.82) is 0 Å². The minimum Gasteiger partial charge on any atom is -0.369 e. The van der Waals surface area contributed by atoms with E-state index < -0.39 is 11.8 Å². The summed E-state index contributed by atoms with van der Waals surface area (Å²) < 4.78 is 40.9. The van der Waals surface area contributed by atoms with Crippen LogP contribution in [0.1, 0.15) is 75.0 Å². The number of rotatable bonds is 7. The molecular weight excluding hydrogens is 529 g/mol. The fourth-order valence-electron chi connectivity index (χ4n) is 3.32. The van der Waals surface area contributed by atoms with Gasteiger partial charge in [-0.15, -0.1) is 0 Å². The van der Waals surface area contributed by atoms with Crippen molar-refractivity contribution < 1.29 is 27.5 Å². The Labute approximate surface area is 230 Å². The maximum absolute atomic E-state index is 12.4. The van der Waals surface area contributed by atoms with Crippen LogP contribution in [0, 0.1) is 0 Å². The Morgan fingerprint density at radius 1 is 1.20 bits per heavy atom. The van der Waals surface area contributed by atoms with Crippen LogP contribution in [-0.2, 0) is 17.8 Å². The van der Waals surface area contributed by atoms with Crippen LogP contribution in [0.4, 0.5) is 18.0 Å². The van der Waals surface area contributed by atoms with Crippen LogP contribution in [0.15, 0.2) is 24.5 Å². The van der Waals surface area contributed by atoms with E-state index in [-0.39, 0.29) is 30.3 Å². The number of hydrogen-bond acceptors (Lipinski definition) is 6. The Bertz CT molecular complexity index is 1280. The molecule has 0 unspecified atom stereocenters. The molecule has 3 N–H and O–H groups in total. The maximum Gasteiger partial charge on any atom is 0.416 e. The van der Waals surface area contributed by atoms with Gasteiger partial charge in [0, 0.05) is 32.8 Å². The number of H-pyrrole nitrogens is 1. The van der Waals surface area contributed by atoms with Crippen molar-refractivity contribution in [3.8, 4) is 0 Å². The molecule has 2 aliphatic rings. The predicted octanol–water partition coefficient (Wildman–Crippen LogP) is 4.33. The van der Waals surface area contributed by atoms with E-state index in [1.165, 1.54) is 25.6 Å². The lowest BCUT2D eigenvalue weighted by molar-refractivity contribution is -0.255. The zero-order valence-corrected chi connectivity index (χ0v) is 23.4. The molecule has 1 aliphatic heterocycles. The fourth-order valence-corrected chi connectivity index (χ4v) is 3.32. The maximum atomic E-state index is 12.4. The summed E-state index contributed by atoms with van der Waals surface area (Å²) in [5.41, 5.74) is 0.678. The van der Waals surface area contributed by atoms with Crippen molar-refractivity contribution >= 4 is 23.0 Å². The first-order valence-electron chi connectivity index (χ1n) is 13.1. The number of alkyl halides is 3. The minimum atomic E-state index is -4.28. The topological polar surface area (TPSA) is 130 Å². The summed E-state index contributed by atoms with van der Waals surface area (Å²) in [6.07, 6.45) is 1.60. The smallest absolute Gasteiger partial charge is 0.369 e. The molecule has 2 aromatic heterocycles. The number of imidazole rings is 1. The number of aromatic nitrogens is 5. The van der Waals surface area contributed by atoms with E-state index in [1.54, 1.807) is 9.58 Å². The summed E-state index contributed by atoms with van der Waals surface area (Å²) in [6, 6.07) is 5.86. The molecule has 14 heteroatoms. The summed E-state index contributed by atoms with van der Waals surface area (Å²) in [5.74, 6) is 0.625. The van der Waals surface area contributed by atoms with Crippen LogP contribution in [-0.4, -0.2) is 73.5 Å². The van der Waals surface area contributed by atoms with Crippen LogP contribution in [0.5, 0.6) is 0 Å². The van der Waals surface area contributed by atoms with Crippen LogP contribution >= 0.6 is 0 Å². The van der Waals surface area contributed by atoms with Gasteiger partial charge >= 0.3 is 12.2 Å². The van der Waals surface area contributed by atoms with Crippen molar-refractivity contribution in [2.45, 2.75) is 77.9 Å². The number of aromatic amines is 1. The molecule has 11 nitrogen and oxygen atoms in total. The second kappa shape index (κ2) is 13.1. The van der Waals surface area contributed by atoms with E-state index in [4.69, 9.17) is 0 Å². The van der Waals surface area contributed by atoms with Crippen molar-refractivity contribution in [2.24, 2.45) is 0 Å². The molecule has 3 amide bonds. The number of fused-ring (bicyclic) bond motifs is 1. The van der Waals surface area contributed by atoms with Gasteiger partial charge in [-0.25, -0.2) is 19.4 Å². The lowest BCUT2D eigenvalue weighted by Gasteiger charge is -2.25. The Hall–Kier alpha value is -3.68. The van der Waals surface area contributed by atoms with Crippen molar-refractivity contribution in [3.63, 3.8) is 0 Å². The molecule has 1 saturated carbocycles. The third-order valence-corrected chi connectivity index (χ3v) is 6.14. The number of urea groups is 1. The van der Waals surface area contributed by atoms with Gasteiger partial charge in [-0.1, -0.05) is 25.3 Å². The van der Waals surface area contributed by atoms with Gasteiger partial charge in [0.2, 0.25) is 5.82 Å². The number of methoxy groups -OCH3 is 1.